The summed E-state index contributed by atoms with van der Waals surface area (Å²) >= 11 is 0. The van der Waals surface area contributed by atoms with Gasteiger partial charge in [-0.2, -0.15) is 0 Å². The zero-order valence-electron chi connectivity index (χ0n) is 9.75. The molecule has 0 saturated carbocycles. The van der Waals surface area contributed by atoms with Crippen LogP contribution in [0.25, 0.3) is 0 Å². The average molecular weight is 237 g/mol. The predicted octanol–water partition coefficient (Wildman–Crippen LogP) is 1.80. The van der Waals surface area contributed by atoms with Crippen LogP contribution in [0.15, 0.2) is 0 Å². The third-order valence-corrected chi connectivity index (χ3v) is 5.85. The zero-order chi connectivity index (χ0) is 11.0. The van der Waals surface area contributed by atoms with E-state index in [4.69, 9.17) is 17.4 Å². The molecule has 0 aromatic rings. The SMILES string of the molecule is CCO[Si](OCC)(OCC)O[Si](C)C. The van der Waals surface area contributed by atoms with Crippen LogP contribution in [0.1, 0.15) is 20.8 Å². The van der Waals surface area contributed by atoms with E-state index >= 15 is 0 Å². The van der Waals surface area contributed by atoms with Crippen molar-refractivity contribution >= 4 is 18.1 Å². The van der Waals surface area contributed by atoms with Gasteiger partial charge in [0.05, 0.1) is 0 Å². The van der Waals surface area contributed by atoms with Crippen LogP contribution in [-0.4, -0.2) is 37.9 Å². The molecule has 0 fully saturated rings. The number of hydrogen-bond donors (Lipinski definition) is 0. The fourth-order valence-corrected chi connectivity index (χ4v) is 5.01. The van der Waals surface area contributed by atoms with Crippen molar-refractivity contribution in [3.8, 4) is 0 Å². The van der Waals surface area contributed by atoms with E-state index in [1.54, 1.807) is 0 Å². The Morgan fingerprint density at radius 2 is 1.21 bits per heavy atom. The molecule has 1 radical (unpaired) electrons. The lowest BCUT2D eigenvalue weighted by atomic mass is 10.9. The molecule has 0 rings (SSSR count). The molecule has 0 aromatic heterocycles. The van der Waals surface area contributed by atoms with Gasteiger partial charge in [0.2, 0.25) is 0 Å². The molecule has 0 spiro atoms. The normalized spacial score (nSPS) is 12.4. The Bertz CT molecular complexity index is 126. The Kier molecular flexibility index (Phi) is 7.70. The molecule has 4 nitrogen and oxygen atoms in total. The Morgan fingerprint density at radius 3 is 1.43 bits per heavy atom. The summed E-state index contributed by atoms with van der Waals surface area (Å²) in [5.74, 6) is 0. The lowest BCUT2D eigenvalue weighted by Gasteiger charge is -2.28. The van der Waals surface area contributed by atoms with E-state index in [-0.39, 0.29) is 0 Å². The maximum Gasteiger partial charge on any atom is 0.668 e. The lowest BCUT2D eigenvalue weighted by molar-refractivity contribution is 0.00927. The molecule has 0 amide bonds. The first kappa shape index (κ1) is 14.3. The van der Waals surface area contributed by atoms with Crippen LogP contribution >= 0.6 is 0 Å². The van der Waals surface area contributed by atoms with Crippen molar-refractivity contribution in [2.75, 3.05) is 19.8 Å². The molecule has 6 heteroatoms. The first-order valence-electron chi connectivity index (χ1n) is 5.01. The van der Waals surface area contributed by atoms with Gasteiger partial charge in [-0.3, -0.25) is 0 Å². The van der Waals surface area contributed by atoms with E-state index in [0.717, 1.165) is 0 Å². The largest absolute Gasteiger partial charge is 0.668 e. The van der Waals surface area contributed by atoms with E-state index in [2.05, 4.69) is 0 Å². The average Bonchev–Trinajstić information content (AvgIpc) is 2.03. The van der Waals surface area contributed by atoms with Crippen LogP contribution in [0, 0.1) is 0 Å². The summed E-state index contributed by atoms with van der Waals surface area (Å²) in [6.07, 6.45) is 0. The third kappa shape index (κ3) is 5.23. The fraction of sp³-hybridized carbons (Fsp3) is 1.00. The van der Waals surface area contributed by atoms with Gasteiger partial charge in [0.25, 0.3) is 0 Å². The van der Waals surface area contributed by atoms with Crippen molar-refractivity contribution in [2.45, 2.75) is 33.9 Å². The summed E-state index contributed by atoms with van der Waals surface area (Å²) in [6, 6.07) is 0. The van der Waals surface area contributed by atoms with Crippen LogP contribution in [0.3, 0.4) is 0 Å². The minimum Gasteiger partial charge on any atom is -0.394 e. The Balaban J connectivity index is 4.37. The summed E-state index contributed by atoms with van der Waals surface area (Å²) in [7, 11) is -3.68. The van der Waals surface area contributed by atoms with Crippen molar-refractivity contribution in [2.24, 2.45) is 0 Å². The van der Waals surface area contributed by atoms with Gasteiger partial charge in [-0.25, -0.2) is 0 Å². The highest BCUT2D eigenvalue weighted by atomic mass is 28.4. The molecule has 0 unspecified atom stereocenters. The van der Waals surface area contributed by atoms with Crippen molar-refractivity contribution < 1.29 is 17.4 Å². The maximum absolute atomic E-state index is 5.73. The molecule has 85 valence electrons. The Hall–Kier alpha value is 0.274. The van der Waals surface area contributed by atoms with Crippen molar-refractivity contribution in [3.05, 3.63) is 0 Å². The molecule has 0 N–H and O–H groups in total. The van der Waals surface area contributed by atoms with Crippen molar-refractivity contribution in [1.82, 2.24) is 0 Å². The van der Waals surface area contributed by atoms with E-state index in [9.17, 15) is 0 Å². The second-order valence-electron chi connectivity index (χ2n) is 2.81. The van der Waals surface area contributed by atoms with E-state index < -0.39 is 18.1 Å². The molecule has 0 atom stereocenters. The standard InChI is InChI=1S/C8H21O4Si2/c1-6-9-14(10-7-2,11-8-3)12-13(4)5/h6-8H2,1-5H3. The van der Waals surface area contributed by atoms with Crippen LogP contribution in [0.5, 0.6) is 0 Å². The Morgan fingerprint density at radius 1 is 0.857 bits per heavy atom. The van der Waals surface area contributed by atoms with Gasteiger partial charge in [-0.15, -0.1) is 0 Å². The van der Waals surface area contributed by atoms with Gasteiger partial charge in [0, 0.05) is 19.8 Å². The Labute approximate surface area is 89.7 Å². The molecule has 14 heavy (non-hydrogen) atoms. The predicted molar refractivity (Wildman–Crippen MR) is 59.2 cm³/mol. The smallest absolute Gasteiger partial charge is 0.394 e. The first-order chi connectivity index (χ1) is 6.60. The van der Waals surface area contributed by atoms with Crippen LogP contribution in [0.2, 0.25) is 13.1 Å². The number of rotatable bonds is 8. The van der Waals surface area contributed by atoms with Crippen molar-refractivity contribution in [1.29, 1.82) is 0 Å². The molecule has 0 aliphatic carbocycles. The summed E-state index contributed by atoms with van der Waals surface area (Å²) in [6.45, 7) is 11.5. The molecule has 0 aromatic carbocycles. The van der Waals surface area contributed by atoms with Gasteiger partial charge in [-0.1, -0.05) is 0 Å². The minimum atomic E-state index is -2.81. The second-order valence-corrected chi connectivity index (χ2v) is 7.31. The van der Waals surface area contributed by atoms with Gasteiger partial charge >= 0.3 is 9.05 Å². The van der Waals surface area contributed by atoms with Gasteiger partial charge < -0.3 is 17.4 Å². The quantitative estimate of drug-likeness (QED) is 0.603. The first-order valence-corrected chi connectivity index (χ1v) is 9.05. The third-order valence-electron chi connectivity index (χ3n) is 1.29. The molecule has 0 bridgehead atoms. The molecular weight excluding hydrogens is 216 g/mol. The maximum atomic E-state index is 5.73. The molecule has 0 aliphatic heterocycles. The van der Waals surface area contributed by atoms with Crippen LogP contribution in [0.4, 0.5) is 0 Å². The summed E-state index contributed by atoms with van der Waals surface area (Å²) < 4.78 is 22.3. The van der Waals surface area contributed by atoms with Gasteiger partial charge in [0.15, 0.2) is 9.04 Å². The highest BCUT2D eigenvalue weighted by Gasteiger charge is 2.45. The highest BCUT2D eigenvalue weighted by molar-refractivity contribution is 6.65. The van der Waals surface area contributed by atoms with E-state index in [1.807, 2.05) is 33.9 Å². The van der Waals surface area contributed by atoms with Crippen molar-refractivity contribution in [3.63, 3.8) is 0 Å². The van der Waals surface area contributed by atoms with Crippen LogP contribution < -0.4 is 0 Å². The minimum absolute atomic E-state index is 0.557. The van der Waals surface area contributed by atoms with Crippen LogP contribution in [-0.2, 0) is 17.4 Å². The molecule has 0 aliphatic rings. The summed E-state index contributed by atoms with van der Waals surface area (Å²) in [5.41, 5.74) is 0. The summed E-state index contributed by atoms with van der Waals surface area (Å²) in [5, 5.41) is 0. The van der Waals surface area contributed by atoms with E-state index in [0.29, 0.717) is 19.8 Å². The second kappa shape index (κ2) is 7.55. The molecule has 0 saturated heterocycles. The highest BCUT2D eigenvalue weighted by Crippen LogP contribution is 2.13. The topological polar surface area (TPSA) is 36.9 Å². The molecule has 0 heterocycles. The van der Waals surface area contributed by atoms with Gasteiger partial charge in [0.1, 0.15) is 0 Å². The van der Waals surface area contributed by atoms with Gasteiger partial charge in [-0.05, 0) is 33.9 Å². The fourth-order valence-electron chi connectivity index (χ4n) is 0.994. The zero-order valence-corrected chi connectivity index (χ0v) is 11.8. The van der Waals surface area contributed by atoms with E-state index in [1.165, 1.54) is 0 Å². The monoisotopic (exact) mass is 237 g/mol. The lowest BCUT2D eigenvalue weighted by Crippen LogP contribution is -2.51. The summed E-state index contributed by atoms with van der Waals surface area (Å²) in [4.78, 5) is 0. The molecular formula is C8H21O4Si2. The number of hydrogen-bond acceptors (Lipinski definition) is 4.